The molecular weight excluding hydrogens is 222 g/mol. The summed E-state index contributed by atoms with van der Waals surface area (Å²) in [4.78, 5) is 13.9. The monoisotopic (exact) mass is 237 g/mol. The number of nitrogens with zero attached hydrogens (tertiary/aromatic N) is 1. The standard InChI is InChI=1S/C13H16ClNO/c1-2-13(16)10-5-6-11(14)12(9-10)15-7-3-4-8-15/h5-6,9H,2-4,7-8H2,1H3. The Morgan fingerprint density at radius 3 is 2.69 bits per heavy atom. The first-order valence-electron chi connectivity index (χ1n) is 5.80. The number of Topliss-reactive ketones (excluding diaryl/α,β-unsaturated/α-hetero) is 1. The number of rotatable bonds is 3. The summed E-state index contributed by atoms with van der Waals surface area (Å²) < 4.78 is 0. The van der Waals surface area contributed by atoms with E-state index in [0.717, 1.165) is 29.4 Å². The summed E-state index contributed by atoms with van der Waals surface area (Å²) in [5, 5.41) is 0.745. The highest BCUT2D eigenvalue weighted by Gasteiger charge is 2.16. The summed E-state index contributed by atoms with van der Waals surface area (Å²) in [5.41, 5.74) is 1.78. The van der Waals surface area contributed by atoms with Crippen LogP contribution in [-0.4, -0.2) is 18.9 Å². The van der Waals surface area contributed by atoms with E-state index in [1.54, 1.807) is 0 Å². The second kappa shape index (κ2) is 4.88. The molecule has 1 aliphatic heterocycles. The molecule has 1 heterocycles. The van der Waals surface area contributed by atoms with Gasteiger partial charge < -0.3 is 4.90 Å². The molecule has 0 N–H and O–H groups in total. The second-order valence-electron chi connectivity index (χ2n) is 4.14. The molecule has 0 radical (unpaired) electrons. The molecule has 1 aromatic carbocycles. The summed E-state index contributed by atoms with van der Waals surface area (Å²) >= 11 is 6.17. The molecule has 1 fully saturated rings. The highest BCUT2D eigenvalue weighted by molar-refractivity contribution is 6.33. The average Bonchev–Trinajstić information content (AvgIpc) is 2.82. The predicted molar refractivity (Wildman–Crippen MR) is 67.5 cm³/mol. The van der Waals surface area contributed by atoms with Crippen molar-refractivity contribution in [2.75, 3.05) is 18.0 Å². The van der Waals surface area contributed by atoms with Crippen molar-refractivity contribution in [1.82, 2.24) is 0 Å². The van der Waals surface area contributed by atoms with Crippen LogP contribution < -0.4 is 4.90 Å². The number of carbonyl (C=O) groups excluding carboxylic acids is 1. The number of anilines is 1. The maximum absolute atomic E-state index is 11.6. The Morgan fingerprint density at radius 2 is 2.06 bits per heavy atom. The first kappa shape index (κ1) is 11.5. The van der Waals surface area contributed by atoms with Gasteiger partial charge in [0.15, 0.2) is 5.78 Å². The fourth-order valence-corrected chi connectivity index (χ4v) is 2.33. The predicted octanol–water partition coefficient (Wildman–Crippen LogP) is 3.53. The topological polar surface area (TPSA) is 20.3 Å². The number of carbonyl (C=O) groups is 1. The van der Waals surface area contributed by atoms with Gasteiger partial charge >= 0.3 is 0 Å². The Bertz CT molecular complexity index is 397. The van der Waals surface area contributed by atoms with E-state index < -0.39 is 0 Å². The summed E-state index contributed by atoms with van der Waals surface area (Å²) in [5.74, 6) is 0.178. The van der Waals surface area contributed by atoms with Gasteiger partial charge in [0.1, 0.15) is 0 Å². The molecule has 0 bridgehead atoms. The maximum atomic E-state index is 11.6. The third-order valence-electron chi connectivity index (χ3n) is 3.04. The van der Waals surface area contributed by atoms with Gasteiger partial charge in [0.2, 0.25) is 0 Å². The third-order valence-corrected chi connectivity index (χ3v) is 3.36. The minimum Gasteiger partial charge on any atom is -0.370 e. The molecule has 0 atom stereocenters. The quantitative estimate of drug-likeness (QED) is 0.750. The van der Waals surface area contributed by atoms with Crippen LogP contribution in [0.2, 0.25) is 5.02 Å². The zero-order valence-electron chi connectivity index (χ0n) is 9.50. The Labute approximate surface area is 101 Å². The van der Waals surface area contributed by atoms with Gasteiger partial charge in [-0.3, -0.25) is 4.79 Å². The molecule has 0 amide bonds. The Morgan fingerprint density at radius 1 is 1.38 bits per heavy atom. The number of hydrogen-bond donors (Lipinski definition) is 0. The summed E-state index contributed by atoms with van der Waals surface area (Å²) in [6.45, 7) is 3.97. The molecule has 3 heteroatoms. The molecule has 2 rings (SSSR count). The first-order valence-corrected chi connectivity index (χ1v) is 6.18. The van der Waals surface area contributed by atoms with E-state index in [1.165, 1.54) is 12.8 Å². The molecule has 0 saturated carbocycles. The molecule has 2 nitrogen and oxygen atoms in total. The molecule has 0 unspecified atom stereocenters. The second-order valence-corrected chi connectivity index (χ2v) is 4.54. The number of ketones is 1. The Hall–Kier alpha value is -1.02. The summed E-state index contributed by atoms with van der Waals surface area (Å²) in [6.07, 6.45) is 2.96. The molecule has 1 aromatic rings. The lowest BCUT2D eigenvalue weighted by molar-refractivity contribution is 0.0988. The molecule has 1 aliphatic rings. The van der Waals surface area contributed by atoms with Crippen molar-refractivity contribution in [1.29, 1.82) is 0 Å². The maximum Gasteiger partial charge on any atom is 0.162 e. The van der Waals surface area contributed by atoms with Gasteiger partial charge in [-0.25, -0.2) is 0 Å². The van der Waals surface area contributed by atoms with Gasteiger partial charge in [0.05, 0.1) is 10.7 Å². The van der Waals surface area contributed by atoms with Gasteiger partial charge in [-0.1, -0.05) is 18.5 Å². The van der Waals surface area contributed by atoms with Gasteiger partial charge in [0, 0.05) is 25.1 Å². The number of hydrogen-bond acceptors (Lipinski definition) is 2. The van der Waals surface area contributed by atoms with E-state index >= 15 is 0 Å². The zero-order chi connectivity index (χ0) is 11.5. The van der Waals surface area contributed by atoms with Crippen LogP contribution in [0.4, 0.5) is 5.69 Å². The first-order chi connectivity index (χ1) is 7.72. The van der Waals surface area contributed by atoms with Crippen molar-refractivity contribution in [2.45, 2.75) is 26.2 Å². The van der Waals surface area contributed by atoms with E-state index in [0.29, 0.717) is 6.42 Å². The van der Waals surface area contributed by atoms with E-state index in [2.05, 4.69) is 4.90 Å². The van der Waals surface area contributed by atoms with Crippen molar-refractivity contribution in [3.8, 4) is 0 Å². The van der Waals surface area contributed by atoms with Crippen molar-refractivity contribution in [3.63, 3.8) is 0 Å². The fraction of sp³-hybridized carbons (Fsp3) is 0.462. The highest BCUT2D eigenvalue weighted by atomic mass is 35.5. The normalized spacial score (nSPS) is 15.5. The van der Waals surface area contributed by atoms with Crippen molar-refractivity contribution in [2.24, 2.45) is 0 Å². The van der Waals surface area contributed by atoms with Crippen LogP contribution >= 0.6 is 11.6 Å². The van der Waals surface area contributed by atoms with E-state index in [-0.39, 0.29) is 5.78 Å². The van der Waals surface area contributed by atoms with Crippen LogP contribution in [0.5, 0.6) is 0 Å². The molecule has 0 aromatic heterocycles. The van der Waals surface area contributed by atoms with Crippen LogP contribution in [0.15, 0.2) is 18.2 Å². The van der Waals surface area contributed by atoms with Crippen molar-refractivity contribution >= 4 is 23.1 Å². The lowest BCUT2D eigenvalue weighted by Gasteiger charge is -2.19. The van der Waals surface area contributed by atoms with E-state index in [9.17, 15) is 4.79 Å². The smallest absolute Gasteiger partial charge is 0.162 e. The molecule has 16 heavy (non-hydrogen) atoms. The zero-order valence-corrected chi connectivity index (χ0v) is 10.3. The van der Waals surface area contributed by atoms with Gasteiger partial charge in [0.25, 0.3) is 0 Å². The lowest BCUT2D eigenvalue weighted by atomic mass is 10.1. The number of halogens is 1. The van der Waals surface area contributed by atoms with Crippen LogP contribution in [0.25, 0.3) is 0 Å². The number of benzene rings is 1. The van der Waals surface area contributed by atoms with Crippen LogP contribution in [0.1, 0.15) is 36.5 Å². The molecule has 0 aliphatic carbocycles. The molecule has 0 spiro atoms. The Kier molecular flexibility index (Phi) is 3.49. The minimum absolute atomic E-state index is 0.178. The van der Waals surface area contributed by atoms with E-state index in [1.807, 2.05) is 25.1 Å². The van der Waals surface area contributed by atoms with Crippen molar-refractivity contribution < 1.29 is 4.79 Å². The van der Waals surface area contributed by atoms with Crippen molar-refractivity contribution in [3.05, 3.63) is 28.8 Å². The average molecular weight is 238 g/mol. The minimum atomic E-state index is 0.178. The van der Waals surface area contributed by atoms with Crippen LogP contribution in [-0.2, 0) is 0 Å². The molecule has 1 saturated heterocycles. The SMILES string of the molecule is CCC(=O)c1ccc(Cl)c(N2CCCC2)c1. The largest absolute Gasteiger partial charge is 0.370 e. The summed E-state index contributed by atoms with van der Waals surface area (Å²) in [7, 11) is 0. The Balaban J connectivity index is 2.32. The fourth-order valence-electron chi connectivity index (χ4n) is 2.09. The highest BCUT2D eigenvalue weighted by Crippen LogP contribution is 2.30. The third kappa shape index (κ3) is 2.22. The van der Waals surface area contributed by atoms with E-state index in [4.69, 9.17) is 11.6 Å². The molecule has 86 valence electrons. The lowest BCUT2D eigenvalue weighted by Crippen LogP contribution is -2.18. The van der Waals surface area contributed by atoms with Gasteiger partial charge in [-0.05, 0) is 31.0 Å². The van der Waals surface area contributed by atoms with Gasteiger partial charge in [-0.15, -0.1) is 0 Å². The summed E-state index contributed by atoms with van der Waals surface area (Å²) in [6, 6.07) is 5.57. The van der Waals surface area contributed by atoms with Crippen LogP contribution in [0, 0.1) is 0 Å². The van der Waals surface area contributed by atoms with Crippen LogP contribution in [0.3, 0.4) is 0 Å². The molecular formula is C13H16ClNO. The van der Waals surface area contributed by atoms with Gasteiger partial charge in [-0.2, -0.15) is 0 Å².